The highest BCUT2D eigenvalue weighted by Crippen LogP contribution is 2.20. The summed E-state index contributed by atoms with van der Waals surface area (Å²) in [4.78, 5) is 2.62. The maximum absolute atomic E-state index is 5.85. The first-order chi connectivity index (χ1) is 9.19. The molecule has 2 fully saturated rings. The molecule has 2 rings (SSSR count). The Kier molecular flexibility index (Phi) is 6.11. The average molecular weight is 268 g/mol. The quantitative estimate of drug-likeness (QED) is 0.801. The van der Waals surface area contributed by atoms with Crippen LogP contribution in [0.4, 0.5) is 0 Å². The first-order valence-electron chi connectivity index (χ1n) is 8.29. The van der Waals surface area contributed by atoms with E-state index in [1.165, 1.54) is 51.7 Å². The molecule has 0 bridgehead atoms. The third-order valence-corrected chi connectivity index (χ3v) is 4.51. The van der Waals surface area contributed by atoms with Crippen molar-refractivity contribution in [3.05, 3.63) is 0 Å². The molecule has 2 aliphatic rings. The third kappa shape index (κ3) is 4.73. The highest BCUT2D eigenvalue weighted by molar-refractivity contribution is 4.85. The Morgan fingerprint density at radius 1 is 1.21 bits per heavy atom. The number of rotatable bonds is 6. The van der Waals surface area contributed by atoms with Crippen LogP contribution in [-0.2, 0) is 4.74 Å². The van der Waals surface area contributed by atoms with E-state index in [0.717, 1.165) is 12.5 Å². The summed E-state index contributed by atoms with van der Waals surface area (Å²) in [6, 6.07) is 1.28. The monoisotopic (exact) mass is 268 g/mol. The van der Waals surface area contributed by atoms with Crippen LogP contribution in [0.3, 0.4) is 0 Å². The molecule has 0 amide bonds. The molecular formula is C16H32N2O. The van der Waals surface area contributed by atoms with Crippen molar-refractivity contribution in [3.8, 4) is 0 Å². The number of nitrogens with zero attached hydrogens (tertiary/aromatic N) is 1. The molecular weight excluding hydrogens is 236 g/mol. The largest absolute Gasteiger partial charge is 0.377 e. The number of hydrogen-bond acceptors (Lipinski definition) is 3. The standard InChI is InChI=1S/C16H32N2O/c1-4-15(16-6-5-11-19-16)17-14-7-9-18(10-8-14)12-13(2)3/h13-17H,4-12H2,1-3H3/t15-,16+/m0/s1. The van der Waals surface area contributed by atoms with Crippen LogP contribution in [0.25, 0.3) is 0 Å². The van der Waals surface area contributed by atoms with Gasteiger partial charge in [0.1, 0.15) is 0 Å². The summed E-state index contributed by atoms with van der Waals surface area (Å²) < 4.78 is 5.85. The molecule has 0 saturated carbocycles. The van der Waals surface area contributed by atoms with Crippen molar-refractivity contribution in [2.45, 2.75) is 71.1 Å². The van der Waals surface area contributed by atoms with Crippen LogP contribution in [0.15, 0.2) is 0 Å². The molecule has 0 unspecified atom stereocenters. The van der Waals surface area contributed by atoms with Crippen LogP contribution in [0, 0.1) is 5.92 Å². The number of nitrogens with one attached hydrogen (secondary N) is 1. The van der Waals surface area contributed by atoms with Crippen LogP contribution in [0.2, 0.25) is 0 Å². The molecule has 2 saturated heterocycles. The van der Waals surface area contributed by atoms with Crippen LogP contribution in [0.5, 0.6) is 0 Å². The fourth-order valence-electron chi connectivity index (χ4n) is 3.51. The molecule has 2 aliphatic heterocycles. The second-order valence-electron chi connectivity index (χ2n) is 6.70. The zero-order valence-corrected chi connectivity index (χ0v) is 13.0. The lowest BCUT2D eigenvalue weighted by Gasteiger charge is -2.36. The van der Waals surface area contributed by atoms with E-state index in [2.05, 4.69) is 31.0 Å². The Balaban J connectivity index is 1.71. The number of ether oxygens (including phenoxy) is 1. The lowest BCUT2D eigenvalue weighted by atomic mass is 9.99. The lowest BCUT2D eigenvalue weighted by molar-refractivity contribution is 0.0666. The molecule has 0 spiro atoms. The van der Waals surface area contributed by atoms with Crippen molar-refractivity contribution in [2.75, 3.05) is 26.2 Å². The van der Waals surface area contributed by atoms with Gasteiger partial charge in [-0.3, -0.25) is 0 Å². The maximum Gasteiger partial charge on any atom is 0.0728 e. The lowest BCUT2D eigenvalue weighted by Crippen LogP contribution is -2.50. The van der Waals surface area contributed by atoms with Crippen molar-refractivity contribution in [1.29, 1.82) is 0 Å². The van der Waals surface area contributed by atoms with Crippen LogP contribution >= 0.6 is 0 Å². The Labute approximate surface area is 119 Å². The van der Waals surface area contributed by atoms with Crippen LogP contribution in [0.1, 0.15) is 52.9 Å². The topological polar surface area (TPSA) is 24.5 Å². The molecule has 2 heterocycles. The summed E-state index contributed by atoms with van der Waals surface area (Å²) in [5.74, 6) is 0.791. The minimum absolute atomic E-state index is 0.471. The van der Waals surface area contributed by atoms with Gasteiger partial charge in [-0.15, -0.1) is 0 Å². The second-order valence-corrected chi connectivity index (χ2v) is 6.70. The first kappa shape index (κ1) is 15.3. The van der Waals surface area contributed by atoms with Crippen molar-refractivity contribution in [1.82, 2.24) is 10.2 Å². The van der Waals surface area contributed by atoms with Crippen molar-refractivity contribution < 1.29 is 4.74 Å². The minimum Gasteiger partial charge on any atom is -0.377 e. The summed E-state index contributed by atoms with van der Waals surface area (Å²) in [6.07, 6.45) is 6.76. The molecule has 19 heavy (non-hydrogen) atoms. The maximum atomic E-state index is 5.85. The van der Waals surface area contributed by atoms with Gasteiger partial charge in [0.2, 0.25) is 0 Å². The third-order valence-electron chi connectivity index (χ3n) is 4.51. The van der Waals surface area contributed by atoms with Crippen LogP contribution in [-0.4, -0.2) is 49.3 Å². The highest BCUT2D eigenvalue weighted by Gasteiger charge is 2.28. The summed E-state index contributed by atoms with van der Waals surface area (Å²) in [5, 5.41) is 3.87. The Morgan fingerprint density at radius 3 is 2.47 bits per heavy atom. The van der Waals surface area contributed by atoms with E-state index in [-0.39, 0.29) is 0 Å². The molecule has 112 valence electrons. The summed E-state index contributed by atoms with van der Waals surface area (Å²) >= 11 is 0. The van der Waals surface area contributed by atoms with E-state index in [1.54, 1.807) is 0 Å². The van der Waals surface area contributed by atoms with Crippen molar-refractivity contribution in [2.24, 2.45) is 5.92 Å². The Morgan fingerprint density at radius 2 is 1.95 bits per heavy atom. The van der Waals surface area contributed by atoms with E-state index >= 15 is 0 Å². The molecule has 2 atom stereocenters. The Bertz CT molecular complexity index is 243. The van der Waals surface area contributed by atoms with E-state index < -0.39 is 0 Å². The SMILES string of the molecule is CC[C@H](NC1CCN(CC(C)C)CC1)[C@H]1CCCO1. The van der Waals surface area contributed by atoms with Crippen molar-refractivity contribution in [3.63, 3.8) is 0 Å². The number of likely N-dealkylation sites (tertiary alicyclic amines) is 1. The van der Waals surface area contributed by atoms with E-state index in [4.69, 9.17) is 4.74 Å². The molecule has 0 aromatic heterocycles. The van der Waals surface area contributed by atoms with E-state index in [0.29, 0.717) is 18.2 Å². The average Bonchev–Trinajstić information content (AvgIpc) is 2.91. The minimum atomic E-state index is 0.471. The molecule has 3 nitrogen and oxygen atoms in total. The van der Waals surface area contributed by atoms with Gasteiger partial charge >= 0.3 is 0 Å². The van der Waals surface area contributed by atoms with Gasteiger partial charge in [-0.05, 0) is 51.1 Å². The van der Waals surface area contributed by atoms with Crippen LogP contribution < -0.4 is 5.32 Å². The van der Waals surface area contributed by atoms with Crippen molar-refractivity contribution >= 4 is 0 Å². The predicted molar refractivity (Wildman–Crippen MR) is 80.5 cm³/mol. The smallest absolute Gasteiger partial charge is 0.0728 e. The summed E-state index contributed by atoms with van der Waals surface area (Å²) in [5.41, 5.74) is 0. The summed E-state index contributed by atoms with van der Waals surface area (Å²) in [7, 11) is 0. The van der Waals surface area contributed by atoms with Gasteiger partial charge in [-0.1, -0.05) is 20.8 Å². The number of hydrogen-bond donors (Lipinski definition) is 1. The molecule has 3 heteroatoms. The zero-order valence-electron chi connectivity index (χ0n) is 13.0. The molecule has 0 aliphatic carbocycles. The summed E-state index contributed by atoms with van der Waals surface area (Å²) in [6.45, 7) is 11.7. The Hall–Kier alpha value is -0.120. The normalized spacial score (nSPS) is 28.1. The van der Waals surface area contributed by atoms with Gasteiger partial charge < -0.3 is 15.0 Å². The van der Waals surface area contributed by atoms with Gasteiger partial charge in [-0.2, -0.15) is 0 Å². The highest BCUT2D eigenvalue weighted by atomic mass is 16.5. The molecule has 0 aromatic carbocycles. The van der Waals surface area contributed by atoms with Gasteiger partial charge in [-0.25, -0.2) is 0 Å². The van der Waals surface area contributed by atoms with Gasteiger partial charge in [0.05, 0.1) is 6.10 Å². The predicted octanol–water partition coefficient (Wildman–Crippen LogP) is 2.65. The second kappa shape index (κ2) is 7.61. The molecule has 1 N–H and O–H groups in total. The molecule has 0 radical (unpaired) electrons. The van der Waals surface area contributed by atoms with E-state index in [1.807, 2.05) is 0 Å². The van der Waals surface area contributed by atoms with E-state index in [9.17, 15) is 0 Å². The van der Waals surface area contributed by atoms with Gasteiger partial charge in [0, 0.05) is 25.2 Å². The first-order valence-corrected chi connectivity index (χ1v) is 8.29. The molecule has 0 aromatic rings. The van der Waals surface area contributed by atoms with Gasteiger partial charge in [0.15, 0.2) is 0 Å². The number of piperidine rings is 1. The van der Waals surface area contributed by atoms with Gasteiger partial charge in [0.25, 0.3) is 0 Å². The zero-order chi connectivity index (χ0) is 13.7. The fraction of sp³-hybridized carbons (Fsp3) is 1.00. The fourth-order valence-corrected chi connectivity index (χ4v) is 3.51.